The fourth-order valence-corrected chi connectivity index (χ4v) is 2.01. The summed E-state index contributed by atoms with van der Waals surface area (Å²) in [5.41, 5.74) is 4.57. The van der Waals surface area contributed by atoms with Crippen molar-refractivity contribution in [2.75, 3.05) is 12.1 Å². The van der Waals surface area contributed by atoms with Crippen molar-refractivity contribution in [3.8, 4) is 11.5 Å². The van der Waals surface area contributed by atoms with Gasteiger partial charge in [0.2, 0.25) is 6.79 Å². The first-order chi connectivity index (χ1) is 10.3. The van der Waals surface area contributed by atoms with Crippen molar-refractivity contribution in [3.05, 3.63) is 54.1 Å². The predicted molar refractivity (Wildman–Crippen MR) is 86.0 cm³/mol. The second-order valence-corrected chi connectivity index (χ2v) is 4.71. The summed E-state index contributed by atoms with van der Waals surface area (Å²) < 4.78 is 10.6. The smallest absolute Gasteiger partial charge is 0.231 e. The van der Waals surface area contributed by atoms with Crippen LogP contribution >= 0.6 is 12.2 Å². The van der Waals surface area contributed by atoms with Crippen molar-refractivity contribution in [2.24, 2.45) is 5.10 Å². The maximum atomic E-state index is 5.30. The number of anilines is 1. The van der Waals surface area contributed by atoms with Gasteiger partial charge in [0.05, 0.1) is 6.21 Å². The summed E-state index contributed by atoms with van der Waals surface area (Å²) >= 11 is 5.15. The molecule has 3 rings (SSSR count). The molecule has 0 saturated heterocycles. The first kappa shape index (κ1) is 13.4. The summed E-state index contributed by atoms with van der Waals surface area (Å²) in [7, 11) is 0. The molecular formula is C15H13N3O2S. The first-order valence-electron chi connectivity index (χ1n) is 6.36. The number of nitrogens with one attached hydrogen (secondary N) is 2. The molecule has 6 heteroatoms. The zero-order valence-electron chi connectivity index (χ0n) is 11.1. The molecule has 0 bridgehead atoms. The summed E-state index contributed by atoms with van der Waals surface area (Å²) in [6.45, 7) is 0.263. The molecule has 5 nitrogen and oxygen atoms in total. The van der Waals surface area contributed by atoms with Crippen LogP contribution in [0.5, 0.6) is 11.5 Å². The quantitative estimate of drug-likeness (QED) is 0.518. The molecular weight excluding hydrogens is 286 g/mol. The van der Waals surface area contributed by atoms with E-state index in [1.54, 1.807) is 6.21 Å². The third-order valence-corrected chi connectivity index (χ3v) is 3.00. The van der Waals surface area contributed by atoms with Crippen LogP contribution in [0.25, 0.3) is 0 Å². The number of rotatable bonds is 3. The Labute approximate surface area is 127 Å². The van der Waals surface area contributed by atoms with Gasteiger partial charge in [0.25, 0.3) is 0 Å². The Balaban J connectivity index is 1.56. The zero-order chi connectivity index (χ0) is 14.5. The number of para-hydroxylation sites is 1. The maximum Gasteiger partial charge on any atom is 0.231 e. The molecule has 2 aromatic rings. The standard InChI is InChI=1S/C15H13N3O2S/c21-15(17-12-4-2-1-3-5-12)18-16-9-11-6-7-13-14(8-11)20-10-19-13/h1-9H,10H2,(H2,17,18,21). The number of ether oxygens (including phenoxy) is 2. The van der Waals surface area contributed by atoms with Gasteiger partial charge in [-0.1, -0.05) is 18.2 Å². The van der Waals surface area contributed by atoms with Crippen molar-refractivity contribution in [3.63, 3.8) is 0 Å². The third-order valence-electron chi connectivity index (χ3n) is 2.81. The van der Waals surface area contributed by atoms with Crippen LogP contribution in [0.4, 0.5) is 5.69 Å². The number of thiocarbonyl (C=S) groups is 1. The Morgan fingerprint density at radius 3 is 2.76 bits per heavy atom. The fourth-order valence-electron chi connectivity index (χ4n) is 1.84. The van der Waals surface area contributed by atoms with Crippen LogP contribution in [0, 0.1) is 0 Å². The first-order valence-corrected chi connectivity index (χ1v) is 6.77. The minimum atomic E-state index is 0.263. The molecule has 21 heavy (non-hydrogen) atoms. The number of benzene rings is 2. The molecule has 106 valence electrons. The lowest BCUT2D eigenvalue weighted by atomic mass is 10.2. The van der Waals surface area contributed by atoms with E-state index in [0.29, 0.717) is 5.11 Å². The van der Waals surface area contributed by atoms with E-state index in [1.165, 1.54) is 0 Å². The Hall–Kier alpha value is -2.60. The summed E-state index contributed by atoms with van der Waals surface area (Å²) in [5.74, 6) is 1.48. The normalized spacial score (nSPS) is 12.4. The Morgan fingerprint density at radius 1 is 1.10 bits per heavy atom. The zero-order valence-corrected chi connectivity index (χ0v) is 11.9. The van der Waals surface area contributed by atoms with Gasteiger partial charge in [-0.2, -0.15) is 5.10 Å². The van der Waals surface area contributed by atoms with E-state index in [0.717, 1.165) is 22.7 Å². The van der Waals surface area contributed by atoms with E-state index < -0.39 is 0 Å². The molecule has 1 aliphatic heterocycles. The van der Waals surface area contributed by atoms with Gasteiger partial charge in [-0.3, -0.25) is 5.43 Å². The molecule has 2 aromatic carbocycles. The lowest BCUT2D eigenvalue weighted by Gasteiger charge is -2.06. The lowest BCUT2D eigenvalue weighted by Crippen LogP contribution is -2.23. The lowest BCUT2D eigenvalue weighted by molar-refractivity contribution is 0.174. The van der Waals surface area contributed by atoms with E-state index in [1.807, 2.05) is 48.5 Å². The summed E-state index contributed by atoms with van der Waals surface area (Å²) in [6.07, 6.45) is 1.67. The van der Waals surface area contributed by atoms with Gasteiger partial charge in [0, 0.05) is 5.69 Å². The molecule has 0 radical (unpaired) electrons. The van der Waals surface area contributed by atoms with Crippen LogP contribution in [0.3, 0.4) is 0 Å². The van der Waals surface area contributed by atoms with Crippen LogP contribution < -0.4 is 20.2 Å². The van der Waals surface area contributed by atoms with Crippen molar-refractivity contribution in [2.45, 2.75) is 0 Å². The van der Waals surface area contributed by atoms with E-state index in [9.17, 15) is 0 Å². The molecule has 1 aliphatic rings. The fraction of sp³-hybridized carbons (Fsp3) is 0.0667. The van der Waals surface area contributed by atoms with Gasteiger partial charge in [-0.15, -0.1) is 0 Å². The van der Waals surface area contributed by atoms with Crippen LogP contribution in [-0.4, -0.2) is 18.1 Å². The van der Waals surface area contributed by atoms with Gasteiger partial charge in [0.15, 0.2) is 16.6 Å². The van der Waals surface area contributed by atoms with Crippen molar-refractivity contribution < 1.29 is 9.47 Å². The van der Waals surface area contributed by atoms with E-state index in [4.69, 9.17) is 21.7 Å². The van der Waals surface area contributed by atoms with Crippen LogP contribution in [0.1, 0.15) is 5.56 Å². The number of nitrogens with zero attached hydrogens (tertiary/aromatic N) is 1. The number of hydrogen-bond donors (Lipinski definition) is 2. The molecule has 0 atom stereocenters. The summed E-state index contributed by atoms with van der Waals surface area (Å²) in [5, 5.41) is 7.55. The van der Waals surface area contributed by atoms with Gasteiger partial charge in [-0.25, -0.2) is 0 Å². The minimum absolute atomic E-state index is 0.263. The van der Waals surface area contributed by atoms with Crippen molar-refractivity contribution >= 4 is 29.2 Å². The molecule has 0 aliphatic carbocycles. The number of hydrogen-bond acceptors (Lipinski definition) is 4. The molecule has 0 spiro atoms. The highest BCUT2D eigenvalue weighted by Gasteiger charge is 2.12. The summed E-state index contributed by atoms with van der Waals surface area (Å²) in [4.78, 5) is 0. The van der Waals surface area contributed by atoms with E-state index >= 15 is 0 Å². The van der Waals surface area contributed by atoms with Crippen LogP contribution in [0.15, 0.2) is 53.6 Å². The molecule has 0 unspecified atom stereocenters. The SMILES string of the molecule is S=C(NN=Cc1ccc2c(c1)OCO2)Nc1ccccc1. The Kier molecular flexibility index (Phi) is 3.97. The summed E-state index contributed by atoms with van der Waals surface area (Å²) in [6, 6.07) is 15.3. The average Bonchev–Trinajstić information content (AvgIpc) is 2.96. The van der Waals surface area contributed by atoms with E-state index in [-0.39, 0.29) is 6.79 Å². The highest BCUT2D eigenvalue weighted by Crippen LogP contribution is 2.31. The molecule has 1 heterocycles. The van der Waals surface area contributed by atoms with Crippen molar-refractivity contribution in [1.29, 1.82) is 0 Å². The average molecular weight is 299 g/mol. The third kappa shape index (κ3) is 3.49. The topological polar surface area (TPSA) is 54.9 Å². The molecule has 0 amide bonds. The largest absolute Gasteiger partial charge is 0.454 e. The molecule has 0 fully saturated rings. The van der Waals surface area contributed by atoms with E-state index in [2.05, 4.69) is 15.8 Å². The van der Waals surface area contributed by atoms with Gasteiger partial charge in [-0.05, 0) is 48.1 Å². The number of fused-ring (bicyclic) bond motifs is 1. The van der Waals surface area contributed by atoms with Crippen LogP contribution in [0.2, 0.25) is 0 Å². The van der Waals surface area contributed by atoms with Gasteiger partial charge in [0.1, 0.15) is 0 Å². The van der Waals surface area contributed by atoms with Gasteiger partial charge >= 0.3 is 0 Å². The minimum Gasteiger partial charge on any atom is -0.454 e. The molecule has 0 saturated carbocycles. The predicted octanol–water partition coefficient (Wildman–Crippen LogP) is 2.74. The molecule has 0 aromatic heterocycles. The number of hydrazone groups is 1. The van der Waals surface area contributed by atoms with Gasteiger partial charge < -0.3 is 14.8 Å². The maximum absolute atomic E-state index is 5.30. The second kappa shape index (κ2) is 6.23. The van der Waals surface area contributed by atoms with Crippen LogP contribution in [-0.2, 0) is 0 Å². The van der Waals surface area contributed by atoms with Crippen molar-refractivity contribution in [1.82, 2.24) is 5.43 Å². The monoisotopic (exact) mass is 299 g/mol. The highest BCUT2D eigenvalue weighted by molar-refractivity contribution is 7.80. The highest BCUT2D eigenvalue weighted by atomic mass is 32.1. The Bertz CT molecular complexity index is 674. The Morgan fingerprint density at radius 2 is 1.90 bits per heavy atom. The second-order valence-electron chi connectivity index (χ2n) is 4.30. The molecule has 2 N–H and O–H groups in total.